The van der Waals surface area contributed by atoms with Gasteiger partial charge in [0.05, 0.1) is 44.1 Å². The second-order valence-electron chi connectivity index (χ2n) is 14.1. The Balaban J connectivity index is 1.40. The van der Waals surface area contributed by atoms with Crippen LogP contribution in [0.5, 0.6) is 5.75 Å². The van der Waals surface area contributed by atoms with Crippen molar-refractivity contribution in [1.82, 2.24) is 15.0 Å². The van der Waals surface area contributed by atoms with Gasteiger partial charge in [0, 0.05) is 55.1 Å². The average Bonchev–Trinajstić information content (AvgIpc) is 3.77. The van der Waals surface area contributed by atoms with Crippen LogP contribution in [-0.2, 0) is 39.4 Å². The number of ether oxygens (including phenoxy) is 2. The van der Waals surface area contributed by atoms with E-state index < -0.39 is 36.7 Å². The number of aromatic nitrogens is 3. The Morgan fingerprint density at radius 2 is 1.87 bits per heavy atom. The zero-order chi connectivity index (χ0) is 37.4. The summed E-state index contributed by atoms with van der Waals surface area (Å²) in [5.74, 6) is -0.464. The number of benzene rings is 3. The number of hydrogen-bond donors (Lipinski definition) is 3. The predicted octanol–water partition coefficient (Wildman–Crippen LogP) is 3.90. The topological polar surface area (TPSA) is 182 Å². The summed E-state index contributed by atoms with van der Waals surface area (Å²) in [5.41, 5.74) is 1.21. The van der Waals surface area contributed by atoms with E-state index in [0.29, 0.717) is 42.0 Å². The van der Waals surface area contributed by atoms with Gasteiger partial charge in [-0.25, -0.2) is 0 Å². The van der Waals surface area contributed by atoms with Gasteiger partial charge in [-0.2, -0.15) is 0 Å². The van der Waals surface area contributed by atoms with Gasteiger partial charge in [-0.3, -0.25) is 24.4 Å². The third-order valence-corrected chi connectivity index (χ3v) is 14.9. The molecule has 0 radical (unpaired) electrons. The van der Waals surface area contributed by atoms with Crippen molar-refractivity contribution >= 4 is 42.1 Å². The van der Waals surface area contributed by atoms with Gasteiger partial charge in [-0.1, -0.05) is 54.7 Å². The number of aryl methyl sites for hydroxylation is 1. The van der Waals surface area contributed by atoms with Crippen molar-refractivity contribution in [1.29, 1.82) is 0 Å². The second-order valence-corrected chi connectivity index (χ2v) is 18.8. The molecule has 6 rings (SSSR count). The molecule has 4 aromatic rings. The Morgan fingerprint density at radius 3 is 2.50 bits per heavy atom. The van der Waals surface area contributed by atoms with Crippen LogP contribution in [0.15, 0.2) is 72.9 Å². The molecule has 5 atom stereocenters. The van der Waals surface area contributed by atoms with Gasteiger partial charge in [0.15, 0.2) is 5.60 Å². The van der Waals surface area contributed by atoms with Gasteiger partial charge in [-0.05, 0) is 54.8 Å². The SMILES string of the molecule is COc1ccc([Si](C)(C)[C@@H]2[C@@H](CCn3cc(CCO)nn3)O[C@]3(C(=O)N(Cc4ccc(NC(=O)[C@H](C)O)cc4)c4ccc([N+](=O)[O-])cc43)[C@H]2C)cc1. The third-order valence-electron chi connectivity index (χ3n) is 10.6. The van der Waals surface area contributed by atoms with Crippen LogP contribution in [0.2, 0.25) is 18.6 Å². The number of rotatable bonds is 13. The predicted molar refractivity (Wildman–Crippen MR) is 196 cm³/mol. The molecule has 2 aliphatic heterocycles. The number of nitro groups is 1. The maximum Gasteiger partial charge on any atom is 0.269 e. The molecule has 2 aliphatic rings. The molecule has 274 valence electrons. The lowest BCUT2D eigenvalue weighted by Gasteiger charge is -2.37. The quantitative estimate of drug-likeness (QED) is 0.104. The van der Waals surface area contributed by atoms with Gasteiger partial charge < -0.3 is 29.9 Å². The van der Waals surface area contributed by atoms with Crippen LogP contribution in [0.25, 0.3) is 0 Å². The maximum atomic E-state index is 15.1. The normalized spacial score (nSPS) is 21.7. The monoisotopic (exact) mass is 728 g/mol. The van der Waals surface area contributed by atoms with Gasteiger partial charge >= 0.3 is 0 Å². The highest BCUT2D eigenvalue weighted by molar-refractivity contribution is 6.91. The van der Waals surface area contributed by atoms with Crippen molar-refractivity contribution in [3.63, 3.8) is 0 Å². The minimum Gasteiger partial charge on any atom is -0.497 e. The number of hydrogen-bond acceptors (Lipinski definition) is 10. The number of nitrogens with one attached hydrogen (secondary N) is 1. The van der Waals surface area contributed by atoms with Crippen molar-refractivity contribution in [3.05, 3.63) is 99.9 Å². The van der Waals surface area contributed by atoms with Crippen molar-refractivity contribution in [2.45, 2.75) is 76.2 Å². The molecule has 1 aromatic heterocycles. The van der Waals surface area contributed by atoms with Gasteiger partial charge in [0.1, 0.15) is 11.9 Å². The number of methoxy groups -OCH3 is 1. The zero-order valence-electron chi connectivity index (χ0n) is 29.9. The van der Waals surface area contributed by atoms with E-state index >= 15 is 4.79 Å². The minimum atomic E-state index is -2.47. The lowest BCUT2D eigenvalue weighted by molar-refractivity contribution is -0.385. The number of non-ortho nitro benzene ring substituents is 1. The van der Waals surface area contributed by atoms with Crippen LogP contribution < -0.4 is 20.1 Å². The van der Waals surface area contributed by atoms with Crippen LogP contribution >= 0.6 is 0 Å². The van der Waals surface area contributed by atoms with Gasteiger partial charge in [-0.15, -0.1) is 5.10 Å². The maximum absolute atomic E-state index is 15.1. The van der Waals surface area contributed by atoms with Crippen molar-refractivity contribution in [2.75, 3.05) is 23.9 Å². The summed E-state index contributed by atoms with van der Waals surface area (Å²) in [6, 6.07) is 19.5. The van der Waals surface area contributed by atoms with Crippen LogP contribution in [0.4, 0.5) is 17.1 Å². The molecule has 14 nitrogen and oxygen atoms in total. The van der Waals surface area contributed by atoms with Gasteiger partial charge in [0.2, 0.25) is 0 Å². The summed E-state index contributed by atoms with van der Waals surface area (Å²) in [6.07, 6.45) is 1.10. The zero-order valence-corrected chi connectivity index (χ0v) is 30.9. The standard InChI is InChI=1S/C37H44N6O8Si/c1-23-34(52(4,5)30-13-11-29(50-3)12-14-30)33(16-18-41-22-27(17-19-44)39-40-41)51-37(23)31-20-28(43(48)49)10-15-32(31)42(36(37)47)21-25-6-8-26(9-7-25)38-35(46)24(2)45/h6-15,20,22-24,33-34,44-45H,16-19,21H2,1-5H3,(H,38,46)/t23-,24-,33+,34-,37+/m0/s1. The highest BCUT2D eigenvalue weighted by Crippen LogP contribution is 2.60. The van der Waals surface area contributed by atoms with Crippen LogP contribution in [0.1, 0.15) is 37.1 Å². The first-order valence-electron chi connectivity index (χ1n) is 17.3. The van der Waals surface area contributed by atoms with E-state index in [0.717, 1.165) is 16.5 Å². The van der Waals surface area contributed by atoms with Gasteiger partial charge in [0.25, 0.3) is 17.5 Å². The number of aliphatic hydroxyl groups excluding tert-OH is 2. The largest absolute Gasteiger partial charge is 0.497 e. The smallest absolute Gasteiger partial charge is 0.269 e. The first kappa shape index (κ1) is 36.8. The number of fused-ring (bicyclic) bond motifs is 2. The fraction of sp³-hybridized carbons (Fsp3) is 0.405. The minimum absolute atomic E-state index is 0.0396. The molecule has 1 spiro atoms. The molecule has 0 aliphatic carbocycles. The van der Waals surface area contributed by atoms with E-state index in [-0.39, 0.29) is 36.2 Å². The number of anilines is 2. The van der Waals surface area contributed by atoms with Crippen LogP contribution in [0.3, 0.4) is 0 Å². The molecule has 1 fully saturated rings. The number of nitro benzene ring substituents is 1. The van der Waals surface area contributed by atoms with Crippen LogP contribution in [0, 0.1) is 16.0 Å². The lowest BCUT2D eigenvalue weighted by Crippen LogP contribution is -2.51. The highest BCUT2D eigenvalue weighted by Gasteiger charge is 2.66. The summed E-state index contributed by atoms with van der Waals surface area (Å²) in [6.45, 7) is 8.52. The molecule has 3 heterocycles. The second kappa shape index (κ2) is 14.6. The molecule has 0 unspecified atom stereocenters. The molecule has 3 N–H and O–H groups in total. The first-order valence-corrected chi connectivity index (χ1v) is 20.4. The molecule has 0 saturated carbocycles. The molecule has 15 heteroatoms. The van der Waals surface area contributed by atoms with E-state index in [9.17, 15) is 25.1 Å². The average molecular weight is 729 g/mol. The number of nitrogens with zero attached hydrogens (tertiary/aromatic N) is 5. The molecule has 0 bridgehead atoms. The molecule has 1 saturated heterocycles. The molecular weight excluding hydrogens is 685 g/mol. The van der Waals surface area contributed by atoms with Crippen molar-refractivity contribution < 1.29 is 34.2 Å². The number of carbonyl (C=O) groups is 2. The molecule has 52 heavy (non-hydrogen) atoms. The third kappa shape index (κ3) is 6.72. The van der Waals surface area contributed by atoms with E-state index in [4.69, 9.17) is 9.47 Å². The number of aliphatic hydroxyl groups is 2. The number of carbonyl (C=O) groups excluding carboxylic acids is 2. The Labute approximate surface area is 302 Å². The number of amides is 2. The van der Waals surface area contributed by atoms with E-state index in [1.807, 2.05) is 19.1 Å². The molecule has 3 aromatic carbocycles. The Kier molecular flexibility index (Phi) is 10.3. The Morgan fingerprint density at radius 1 is 1.15 bits per heavy atom. The lowest BCUT2D eigenvalue weighted by atomic mass is 9.82. The summed E-state index contributed by atoms with van der Waals surface area (Å²) < 4.78 is 14.3. The fourth-order valence-electron chi connectivity index (χ4n) is 7.90. The Bertz CT molecular complexity index is 1950. The molecule has 2 amide bonds. The summed E-state index contributed by atoms with van der Waals surface area (Å²) in [5, 5.41) is 43.3. The van der Waals surface area contributed by atoms with Crippen molar-refractivity contribution in [2.24, 2.45) is 5.92 Å². The van der Waals surface area contributed by atoms with E-state index in [1.54, 1.807) is 53.2 Å². The molecular formula is C37H44N6O8Si. The summed E-state index contributed by atoms with van der Waals surface area (Å²) >= 11 is 0. The fourth-order valence-corrected chi connectivity index (χ4v) is 12.0. The van der Waals surface area contributed by atoms with Crippen molar-refractivity contribution in [3.8, 4) is 5.75 Å². The Hall–Kier alpha value is -4.96. The van der Waals surface area contributed by atoms with E-state index in [1.165, 1.54) is 19.1 Å². The first-order chi connectivity index (χ1) is 24.8. The summed E-state index contributed by atoms with van der Waals surface area (Å²) in [7, 11) is -0.850. The van der Waals surface area contributed by atoms with Crippen LogP contribution in [-0.4, -0.2) is 75.9 Å². The van der Waals surface area contributed by atoms with E-state index in [2.05, 4.69) is 40.9 Å². The summed E-state index contributed by atoms with van der Waals surface area (Å²) in [4.78, 5) is 40.3. The highest BCUT2D eigenvalue weighted by atomic mass is 28.3.